The lowest BCUT2D eigenvalue weighted by molar-refractivity contribution is -0.120. The van der Waals surface area contributed by atoms with Gasteiger partial charge in [0, 0.05) is 51.0 Å². The Morgan fingerprint density at radius 2 is 2.10 bits per heavy atom. The minimum absolute atomic E-state index is 0.0972. The Bertz CT molecular complexity index is 601. The summed E-state index contributed by atoms with van der Waals surface area (Å²) in [5, 5.41) is 7.49. The molecule has 1 aromatic heterocycles. The van der Waals surface area contributed by atoms with Gasteiger partial charge in [-0.2, -0.15) is 0 Å². The van der Waals surface area contributed by atoms with E-state index in [4.69, 9.17) is 0 Å². The van der Waals surface area contributed by atoms with E-state index in [0.717, 1.165) is 55.7 Å². The maximum atomic E-state index is 12.0. The molecule has 1 aliphatic rings. The van der Waals surface area contributed by atoms with Crippen molar-refractivity contribution in [3.05, 3.63) is 36.0 Å². The van der Waals surface area contributed by atoms with E-state index in [1.807, 2.05) is 24.4 Å². The smallest absolute Gasteiger partial charge is 0.224 e. The molecule has 1 aliphatic heterocycles. The number of amides is 1. The molecule has 0 aliphatic carbocycles. The van der Waals surface area contributed by atoms with Crippen molar-refractivity contribution in [2.45, 2.75) is 6.42 Å². The first-order valence-corrected chi connectivity index (χ1v) is 7.57. The highest BCUT2D eigenvalue weighted by Gasteiger charge is 2.09. The van der Waals surface area contributed by atoms with Crippen LogP contribution in [-0.4, -0.2) is 55.1 Å². The van der Waals surface area contributed by atoms with Crippen molar-refractivity contribution >= 4 is 16.8 Å². The van der Waals surface area contributed by atoms with Crippen molar-refractivity contribution in [1.82, 2.24) is 20.5 Å². The highest BCUT2D eigenvalue weighted by molar-refractivity contribution is 5.83. The van der Waals surface area contributed by atoms with E-state index in [9.17, 15) is 4.79 Å². The number of piperazine rings is 1. The standard InChI is InChI=1S/C16H22N4O/c21-16(19-7-10-20-8-5-17-6-9-20)12-13-1-2-15-14(11-13)3-4-18-15/h1-4,11,17-18H,5-10,12H2,(H,19,21). The SMILES string of the molecule is O=C(Cc1ccc2[nH]ccc2c1)NCCN1CCNCC1. The molecular formula is C16H22N4O. The number of hydrogen-bond acceptors (Lipinski definition) is 3. The number of benzene rings is 1. The van der Waals surface area contributed by atoms with Gasteiger partial charge >= 0.3 is 0 Å². The van der Waals surface area contributed by atoms with Gasteiger partial charge in [0.25, 0.3) is 0 Å². The zero-order chi connectivity index (χ0) is 14.5. The molecule has 5 heteroatoms. The van der Waals surface area contributed by atoms with Gasteiger partial charge in [0.1, 0.15) is 0 Å². The largest absolute Gasteiger partial charge is 0.361 e. The number of aromatic amines is 1. The first-order valence-electron chi connectivity index (χ1n) is 7.57. The average molecular weight is 286 g/mol. The lowest BCUT2D eigenvalue weighted by atomic mass is 10.1. The molecule has 1 fully saturated rings. The first kappa shape index (κ1) is 14.1. The molecule has 21 heavy (non-hydrogen) atoms. The van der Waals surface area contributed by atoms with E-state index >= 15 is 0 Å². The number of hydrogen-bond donors (Lipinski definition) is 3. The molecule has 3 rings (SSSR count). The third-order valence-electron chi connectivity index (χ3n) is 3.94. The Balaban J connectivity index is 1.44. The third-order valence-corrected chi connectivity index (χ3v) is 3.94. The molecule has 1 aromatic carbocycles. The molecule has 2 heterocycles. The Morgan fingerprint density at radius 3 is 2.95 bits per heavy atom. The number of nitrogens with one attached hydrogen (secondary N) is 3. The lowest BCUT2D eigenvalue weighted by Crippen LogP contribution is -2.46. The highest BCUT2D eigenvalue weighted by atomic mass is 16.1. The summed E-state index contributed by atoms with van der Waals surface area (Å²) in [4.78, 5) is 17.5. The molecule has 112 valence electrons. The number of fused-ring (bicyclic) bond motifs is 1. The fourth-order valence-electron chi connectivity index (χ4n) is 2.75. The second kappa shape index (κ2) is 6.74. The van der Waals surface area contributed by atoms with E-state index in [1.165, 1.54) is 0 Å². The number of H-pyrrole nitrogens is 1. The maximum Gasteiger partial charge on any atom is 0.224 e. The van der Waals surface area contributed by atoms with Crippen LogP contribution in [0.3, 0.4) is 0 Å². The Morgan fingerprint density at radius 1 is 1.24 bits per heavy atom. The highest BCUT2D eigenvalue weighted by Crippen LogP contribution is 2.14. The van der Waals surface area contributed by atoms with Crippen molar-refractivity contribution in [1.29, 1.82) is 0 Å². The van der Waals surface area contributed by atoms with Gasteiger partial charge in [-0.05, 0) is 29.1 Å². The summed E-state index contributed by atoms with van der Waals surface area (Å²) >= 11 is 0. The van der Waals surface area contributed by atoms with Gasteiger partial charge < -0.3 is 15.6 Å². The molecule has 3 N–H and O–H groups in total. The molecule has 0 radical (unpaired) electrons. The fourth-order valence-corrected chi connectivity index (χ4v) is 2.75. The summed E-state index contributed by atoms with van der Waals surface area (Å²) in [5.41, 5.74) is 2.17. The molecule has 0 bridgehead atoms. The van der Waals surface area contributed by atoms with Gasteiger partial charge in [0.2, 0.25) is 5.91 Å². The number of rotatable bonds is 5. The van der Waals surface area contributed by atoms with Gasteiger partial charge in [0.05, 0.1) is 6.42 Å². The second-order valence-electron chi connectivity index (χ2n) is 5.52. The monoisotopic (exact) mass is 286 g/mol. The minimum atomic E-state index is 0.0972. The Kier molecular flexibility index (Phi) is 4.52. The topological polar surface area (TPSA) is 60.2 Å². The average Bonchev–Trinajstić information content (AvgIpc) is 2.96. The normalized spacial score (nSPS) is 16.2. The number of nitrogens with zero attached hydrogens (tertiary/aromatic N) is 1. The van der Waals surface area contributed by atoms with Crippen molar-refractivity contribution < 1.29 is 4.79 Å². The minimum Gasteiger partial charge on any atom is -0.361 e. The summed E-state index contributed by atoms with van der Waals surface area (Å²) in [7, 11) is 0. The van der Waals surface area contributed by atoms with E-state index in [-0.39, 0.29) is 5.91 Å². The van der Waals surface area contributed by atoms with Crippen LogP contribution in [0.1, 0.15) is 5.56 Å². The summed E-state index contributed by atoms with van der Waals surface area (Å²) in [5.74, 6) is 0.0972. The molecule has 0 saturated carbocycles. The quantitative estimate of drug-likeness (QED) is 0.759. The van der Waals surface area contributed by atoms with Crippen LogP contribution in [0.2, 0.25) is 0 Å². The van der Waals surface area contributed by atoms with E-state index < -0.39 is 0 Å². The summed E-state index contributed by atoms with van der Waals surface area (Å²) in [6.45, 7) is 5.89. The molecule has 0 unspecified atom stereocenters. The number of carbonyl (C=O) groups is 1. The van der Waals surface area contributed by atoms with Crippen LogP contribution in [0.4, 0.5) is 0 Å². The Hall–Kier alpha value is -1.85. The molecule has 5 nitrogen and oxygen atoms in total. The summed E-state index contributed by atoms with van der Waals surface area (Å²) in [6, 6.07) is 8.14. The molecule has 1 amide bonds. The van der Waals surface area contributed by atoms with Crippen molar-refractivity contribution in [3.8, 4) is 0 Å². The van der Waals surface area contributed by atoms with E-state index in [0.29, 0.717) is 6.42 Å². The number of carbonyl (C=O) groups excluding carboxylic acids is 1. The first-order chi connectivity index (χ1) is 10.3. The van der Waals surface area contributed by atoms with E-state index in [2.05, 4.69) is 26.6 Å². The molecular weight excluding hydrogens is 264 g/mol. The zero-order valence-electron chi connectivity index (χ0n) is 12.2. The third kappa shape index (κ3) is 3.83. The molecule has 2 aromatic rings. The number of aromatic nitrogens is 1. The molecule has 0 atom stereocenters. The van der Waals surface area contributed by atoms with Gasteiger partial charge in [0.15, 0.2) is 0 Å². The maximum absolute atomic E-state index is 12.0. The van der Waals surface area contributed by atoms with Crippen molar-refractivity contribution in [2.75, 3.05) is 39.3 Å². The van der Waals surface area contributed by atoms with Gasteiger partial charge in [-0.15, -0.1) is 0 Å². The van der Waals surface area contributed by atoms with Crippen LogP contribution in [-0.2, 0) is 11.2 Å². The van der Waals surface area contributed by atoms with Gasteiger partial charge in [-0.3, -0.25) is 9.69 Å². The lowest BCUT2D eigenvalue weighted by Gasteiger charge is -2.27. The predicted octanol–water partition coefficient (Wildman–Crippen LogP) is 0.732. The van der Waals surface area contributed by atoms with Crippen molar-refractivity contribution in [3.63, 3.8) is 0 Å². The molecule has 1 saturated heterocycles. The van der Waals surface area contributed by atoms with Crippen LogP contribution in [0.25, 0.3) is 10.9 Å². The van der Waals surface area contributed by atoms with E-state index in [1.54, 1.807) is 0 Å². The Labute approximate surface area is 124 Å². The molecule has 0 spiro atoms. The fraction of sp³-hybridized carbons (Fsp3) is 0.438. The van der Waals surface area contributed by atoms with Crippen LogP contribution < -0.4 is 10.6 Å². The van der Waals surface area contributed by atoms with Crippen LogP contribution in [0.5, 0.6) is 0 Å². The predicted molar refractivity (Wildman–Crippen MR) is 84.3 cm³/mol. The van der Waals surface area contributed by atoms with Crippen LogP contribution in [0, 0.1) is 0 Å². The van der Waals surface area contributed by atoms with Crippen LogP contribution >= 0.6 is 0 Å². The zero-order valence-corrected chi connectivity index (χ0v) is 12.2. The second-order valence-corrected chi connectivity index (χ2v) is 5.52. The van der Waals surface area contributed by atoms with Crippen LogP contribution in [0.15, 0.2) is 30.5 Å². The van der Waals surface area contributed by atoms with Crippen molar-refractivity contribution in [2.24, 2.45) is 0 Å². The van der Waals surface area contributed by atoms with Gasteiger partial charge in [-0.1, -0.05) is 6.07 Å². The van der Waals surface area contributed by atoms with Gasteiger partial charge in [-0.25, -0.2) is 0 Å². The summed E-state index contributed by atoms with van der Waals surface area (Å²) < 4.78 is 0. The summed E-state index contributed by atoms with van der Waals surface area (Å²) in [6.07, 6.45) is 2.37.